The van der Waals surface area contributed by atoms with E-state index in [-0.39, 0.29) is 43.0 Å². The molecule has 0 saturated heterocycles. The van der Waals surface area contributed by atoms with E-state index in [0.29, 0.717) is 41.6 Å². The number of nitrogens with two attached hydrogens (primary N) is 2. The number of nitro benzene ring substituents is 1. The number of carboxylic acids is 1. The lowest BCUT2D eigenvalue weighted by Gasteiger charge is -2.23. The molecule has 14 nitrogen and oxygen atoms in total. The lowest BCUT2D eigenvalue weighted by Crippen LogP contribution is -2.55. The van der Waals surface area contributed by atoms with Crippen molar-refractivity contribution < 1.29 is 34.6 Å². The van der Waals surface area contributed by atoms with Gasteiger partial charge in [-0.25, -0.2) is 4.79 Å². The molecule has 2 amide bonds. The van der Waals surface area contributed by atoms with Crippen molar-refractivity contribution >= 4 is 34.4 Å². The summed E-state index contributed by atoms with van der Waals surface area (Å²) in [5.41, 5.74) is 13.9. The molecule has 0 unspecified atom stereocenters. The van der Waals surface area contributed by atoms with Gasteiger partial charge in [-0.2, -0.15) is 0 Å². The van der Waals surface area contributed by atoms with Crippen LogP contribution in [0.1, 0.15) is 36.0 Å². The highest BCUT2D eigenvalue weighted by molar-refractivity contribution is 5.93. The van der Waals surface area contributed by atoms with E-state index in [1.54, 1.807) is 35.0 Å². The van der Waals surface area contributed by atoms with Crippen molar-refractivity contribution in [1.29, 1.82) is 0 Å². The first-order chi connectivity index (χ1) is 22.5. The third-order valence-electron chi connectivity index (χ3n) is 7.83. The molecule has 0 aliphatic heterocycles. The van der Waals surface area contributed by atoms with Crippen LogP contribution in [0.4, 0.5) is 5.69 Å². The Labute approximate surface area is 270 Å². The normalized spacial score (nSPS) is 13.1. The number of non-ortho nitro benzene ring substituents is 1. The van der Waals surface area contributed by atoms with Gasteiger partial charge >= 0.3 is 5.97 Å². The van der Waals surface area contributed by atoms with Gasteiger partial charge in [-0.3, -0.25) is 19.7 Å². The summed E-state index contributed by atoms with van der Waals surface area (Å²) >= 11 is 0. The lowest BCUT2D eigenvalue weighted by atomic mass is 10.0. The Morgan fingerprint density at radius 2 is 1.60 bits per heavy atom. The maximum absolute atomic E-state index is 13.6. The van der Waals surface area contributed by atoms with Crippen LogP contribution < -0.4 is 22.1 Å². The number of unbranched alkanes of at least 4 members (excludes halogenated alkanes) is 1. The second-order valence-electron chi connectivity index (χ2n) is 11.3. The number of phenolic OH excluding ortho intramolecular Hbond substituents is 2. The van der Waals surface area contributed by atoms with E-state index in [2.05, 4.69) is 10.6 Å². The number of hydrogen-bond acceptors (Lipinski definition) is 9. The first-order valence-corrected chi connectivity index (χ1v) is 15.1. The second kappa shape index (κ2) is 15.7. The van der Waals surface area contributed by atoms with Crippen molar-refractivity contribution in [2.75, 3.05) is 6.54 Å². The van der Waals surface area contributed by atoms with Crippen molar-refractivity contribution in [3.05, 3.63) is 99.7 Å². The van der Waals surface area contributed by atoms with E-state index in [1.165, 1.54) is 30.3 Å². The Kier molecular flexibility index (Phi) is 11.5. The molecule has 3 aromatic carbocycles. The second-order valence-corrected chi connectivity index (χ2v) is 11.3. The fourth-order valence-corrected chi connectivity index (χ4v) is 5.32. The first-order valence-electron chi connectivity index (χ1n) is 15.1. The summed E-state index contributed by atoms with van der Waals surface area (Å²) in [6.45, 7) is 0.438. The molecule has 47 heavy (non-hydrogen) atoms. The highest BCUT2D eigenvalue weighted by atomic mass is 16.6. The SMILES string of the molecule is NCCCC[C@H](NC(=O)[C@H](Cc1cn(Cc2cc([N+](=O)[O-])ccc2O)c2ccccc12)NC(=O)[C@@H](N)Cc1ccc(O)cc1)C(=O)O. The van der Waals surface area contributed by atoms with Crippen LogP contribution in [0.15, 0.2) is 72.9 Å². The zero-order valence-corrected chi connectivity index (χ0v) is 25.5. The summed E-state index contributed by atoms with van der Waals surface area (Å²) in [6.07, 6.45) is 2.98. The smallest absolute Gasteiger partial charge is 0.326 e. The number of carbonyl (C=O) groups excluding carboxylic acids is 2. The number of nitrogens with one attached hydrogen (secondary N) is 2. The number of nitro groups is 1. The first kappa shape index (κ1) is 34.4. The van der Waals surface area contributed by atoms with E-state index in [1.807, 2.05) is 12.1 Å². The maximum atomic E-state index is 13.6. The average Bonchev–Trinajstić information content (AvgIpc) is 3.38. The molecule has 3 atom stereocenters. The number of phenols is 2. The molecule has 14 heteroatoms. The molecular formula is C33H38N6O8. The van der Waals surface area contributed by atoms with Gasteiger partial charge in [0.15, 0.2) is 0 Å². The van der Waals surface area contributed by atoms with Crippen molar-refractivity contribution in [1.82, 2.24) is 15.2 Å². The van der Waals surface area contributed by atoms with Crippen LogP contribution >= 0.6 is 0 Å². The minimum atomic E-state index is -1.23. The number of fused-ring (bicyclic) bond motifs is 1. The zero-order chi connectivity index (χ0) is 34.1. The quantitative estimate of drug-likeness (QED) is 0.0533. The number of carboxylic acid groups (broad SMARTS) is 1. The topological polar surface area (TPSA) is 236 Å². The summed E-state index contributed by atoms with van der Waals surface area (Å²) in [5, 5.41) is 47.1. The molecule has 0 aliphatic carbocycles. The van der Waals surface area contributed by atoms with Crippen molar-refractivity contribution in [3.63, 3.8) is 0 Å². The predicted molar refractivity (Wildman–Crippen MR) is 174 cm³/mol. The van der Waals surface area contributed by atoms with Crippen LogP contribution in [0, 0.1) is 10.1 Å². The van der Waals surface area contributed by atoms with Gasteiger partial charge in [0.1, 0.15) is 23.6 Å². The van der Waals surface area contributed by atoms with Crippen LogP contribution in [0.3, 0.4) is 0 Å². The number of amides is 2. The molecule has 0 aliphatic rings. The highest BCUT2D eigenvalue weighted by Gasteiger charge is 2.29. The lowest BCUT2D eigenvalue weighted by molar-refractivity contribution is -0.384. The van der Waals surface area contributed by atoms with Crippen LogP contribution in [-0.2, 0) is 33.8 Å². The Bertz CT molecular complexity index is 1740. The number of aromatic hydroxyl groups is 2. The Hall–Kier alpha value is -5.47. The Morgan fingerprint density at radius 3 is 2.28 bits per heavy atom. The molecule has 4 rings (SSSR count). The highest BCUT2D eigenvalue weighted by Crippen LogP contribution is 2.28. The fourth-order valence-electron chi connectivity index (χ4n) is 5.32. The average molecular weight is 647 g/mol. The van der Waals surface area contributed by atoms with Gasteiger partial charge < -0.3 is 42.0 Å². The number of rotatable bonds is 16. The summed E-state index contributed by atoms with van der Waals surface area (Å²) in [7, 11) is 0. The molecule has 0 fully saturated rings. The molecule has 4 aromatic rings. The van der Waals surface area contributed by atoms with Gasteiger partial charge in [-0.15, -0.1) is 0 Å². The standard InChI is InChI=1S/C33H38N6O8/c34-14-4-3-6-27(33(44)45)36-32(43)28(37-31(42)26(35)15-20-8-11-24(40)12-9-20)17-21-18-38(29-7-2-1-5-25(21)29)19-22-16-23(39(46)47)10-13-30(22)41/h1-2,5,7-13,16,18,26-28,40-41H,3-4,6,14-15,17,19,34-35H2,(H,36,43)(H,37,42)(H,44,45)/t26-,27-,28-/m0/s1. The van der Waals surface area contributed by atoms with E-state index >= 15 is 0 Å². The maximum Gasteiger partial charge on any atom is 0.326 e. The number of benzene rings is 3. The molecular weight excluding hydrogens is 608 g/mol. The van der Waals surface area contributed by atoms with Gasteiger partial charge in [-0.05, 0) is 67.6 Å². The molecule has 0 radical (unpaired) electrons. The van der Waals surface area contributed by atoms with Crippen molar-refractivity contribution in [3.8, 4) is 11.5 Å². The molecule has 1 aromatic heterocycles. The summed E-state index contributed by atoms with van der Waals surface area (Å²) in [6, 6.07) is 13.6. The van der Waals surface area contributed by atoms with Crippen LogP contribution in [0.5, 0.6) is 11.5 Å². The van der Waals surface area contributed by atoms with Crippen LogP contribution in [-0.4, -0.2) is 67.3 Å². The van der Waals surface area contributed by atoms with Crippen molar-refractivity contribution in [2.24, 2.45) is 11.5 Å². The number of nitrogens with zero attached hydrogens (tertiary/aromatic N) is 2. The van der Waals surface area contributed by atoms with Gasteiger partial charge in [0, 0.05) is 41.2 Å². The summed E-state index contributed by atoms with van der Waals surface area (Å²) < 4.78 is 1.77. The zero-order valence-electron chi connectivity index (χ0n) is 25.5. The van der Waals surface area contributed by atoms with E-state index in [4.69, 9.17) is 11.5 Å². The Balaban J connectivity index is 1.64. The van der Waals surface area contributed by atoms with E-state index in [9.17, 15) is 39.8 Å². The largest absolute Gasteiger partial charge is 0.508 e. The number of carbonyl (C=O) groups is 3. The molecule has 0 saturated carbocycles. The van der Waals surface area contributed by atoms with E-state index < -0.39 is 40.8 Å². The molecule has 248 valence electrons. The summed E-state index contributed by atoms with van der Waals surface area (Å²) in [4.78, 5) is 49.7. The summed E-state index contributed by atoms with van der Waals surface area (Å²) in [5.74, 6) is -2.65. The third-order valence-corrected chi connectivity index (χ3v) is 7.83. The number of para-hydroxylation sites is 1. The third kappa shape index (κ3) is 9.05. The molecule has 1 heterocycles. The molecule has 0 spiro atoms. The number of aliphatic carboxylic acids is 1. The van der Waals surface area contributed by atoms with Gasteiger partial charge in [0.05, 0.1) is 17.5 Å². The predicted octanol–water partition coefficient (Wildman–Crippen LogP) is 2.30. The number of aromatic nitrogens is 1. The van der Waals surface area contributed by atoms with Crippen LogP contribution in [0.2, 0.25) is 0 Å². The minimum Gasteiger partial charge on any atom is -0.508 e. The molecule has 9 N–H and O–H groups in total. The van der Waals surface area contributed by atoms with E-state index in [0.717, 1.165) is 5.39 Å². The van der Waals surface area contributed by atoms with Crippen molar-refractivity contribution in [2.45, 2.75) is 56.8 Å². The van der Waals surface area contributed by atoms with Gasteiger partial charge in [0.2, 0.25) is 11.8 Å². The number of hydrogen-bond donors (Lipinski definition) is 7. The minimum absolute atomic E-state index is 0.0485. The molecule has 0 bridgehead atoms. The van der Waals surface area contributed by atoms with Crippen LogP contribution in [0.25, 0.3) is 10.9 Å². The van der Waals surface area contributed by atoms with Gasteiger partial charge in [-0.1, -0.05) is 30.3 Å². The van der Waals surface area contributed by atoms with Gasteiger partial charge in [0.25, 0.3) is 5.69 Å². The Morgan fingerprint density at radius 1 is 0.894 bits per heavy atom. The monoisotopic (exact) mass is 646 g/mol. The fraction of sp³-hybridized carbons (Fsp3) is 0.303.